The summed E-state index contributed by atoms with van der Waals surface area (Å²) in [5, 5.41) is 0. The molecule has 0 radical (unpaired) electrons. The molecule has 0 N–H and O–H groups in total. The number of nitrogens with zero attached hydrogens (tertiary/aromatic N) is 2. The number of piperazine rings is 1. The number of para-hydroxylation sites is 2. The topological polar surface area (TPSA) is 54.5 Å². The summed E-state index contributed by atoms with van der Waals surface area (Å²) < 4.78 is 18.2. The number of hydrogen-bond donors (Lipinski definition) is 0. The quantitative estimate of drug-likeness (QED) is 0.529. The van der Waals surface area contributed by atoms with Gasteiger partial charge in [-0.2, -0.15) is 0 Å². The van der Waals surface area contributed by atoms with Crippen molar-refractivity contribution in [3.63, 3.8) is 0 Å². The molecule has 3 heterocycles. The first-order chi connectivity index (χ1) is 15.5. The molecule has 5 aliphatic rings. The molecule has 32 heavy (non-hydrogen) atoms. The van der Waals surface area contributed by atoms with Crippen molar-refractivity contribution in [3.8, 4) is 5.75 Å². The van der Waals surface area contributed by atoms with E-state index in [1.165, 1.54) is 6.42 Å². The number of hydrogen-bond acceptors (Lipinski definition) is 6. The summed E-state index contributed by atoms with van der Waals surface area (Å²) in [6.45, 7) is 9.19. The molecule has 3 saturated heterocycles. The fourth-order valence-electron chi connectivity index (χ4n) is 7.60. The fraction of sp³-hybridized carbons (Fsp3) is 0.731. The minimum atomic E-state index is -0.369. The zero-order chi connectivity index (χ0) is 22.1. The lowest BCUT2D eigenvalue weighted by Crippen LogP contribution is -2.58. The Morgan fingerprint density at radius 1 is 1.09 bits per heavy atom. The normalized spacial score (nSPS) is 43.2. The van der Waals surface area contributed by atoms with E-state index in [0.29, 0.717) is 17.8 Å². The maximum atomic E-state index is 13.3. The Hall–Kier alpha value is -1.79. The van der Waals surface area contributed by atoms with Crippen molar-refractivity contribution in [2.24, 2.45) is 23.7 Å². The smallest absolute Gasteiger partial charge is 0.311 e. The summed E-state index contributed by atoms with van der Waals surface area (Å²) in [6.07, 6.45) is 4.63. The Balaban J connectivity index is 1.17. The Morgan fingerprint density at radius 3 is 2.66 bits per heavy atom. The van der Waals surface area contributed by atoms with Crippen LogP contribution in [-0.4, -0.2) is 68.0 Å². The molecule has 2 saturated carbocycles. The molecule has 0 unspecified atom stereocenters. The van der Waals surface area contributed by atoms with Gasteiger partial charge in [0.05, 0.1) is 24.3 Å². The van der Waals surface area contributed by atoms with Gasteiger partial charge in [0, 0.05) is 44.6 Å². The van der Waals surface area contributed by atoms with E-state index in [-0.39, 0.29) is 29.2 Å². The summed E-state index contributed by atoms with van der Waals surface area (Å²) in [5.74, 6) is 2.30. The van der Waals surface area contributed by atoms with Crippen LogP contribution in [0.5, 0.6) is 5.75 Å². The van der Waals surface area contributed by atoms with Crippen molar-refractivity contribution in [1.82, 2.24) is 4.90 Å². The van der Waals surface area contributed by atoms with Crippen LogP contribution in [0.25, 0.3) is 0 Å². The number of fused-ring (bicyclic) bond motifs is 1. The Labute approximate surface area is 191 Å². The summed E-state index contributed by atoms with van der Waals surface area (Å²) in [7, 11) is 1.73. The summed E-state index contributed by atoms with van der Waals surface area (Å²) in [4.78, 5) is 18.1. The number of benzene rings is 1. The van der Waals surface area contributed by atoms with Crippen LogP contribution in [0.2, 0.25) is 0 Å². The van der Waals surface area contributed by atoms with E-state index in [4.69, 9.17) is 14.2 Å². The first-order valence-electron chi connectivity index (χ1n) is 12.5. The van der Waals surface area contributed by atoms with E-state index in [9.17, 15) is 4.79 Å². The highest BCUT2D eigenvalue weighted by Crippen LogP contribution is 2.66. The van der Waals surface area contributed by atoms with Gasteiger partial charge in [0.1, 0.15) is 17.5 Å². The minimum Gasteiger partial charge on any atom is -0.495 e. The van der Waals surface area contributed by atoms with E-state index >= 15 is 0 Å². The lowest BCUT2D eigenvalue weighted by molar-refractivity contribution is -0.168. The SMILES string of the molecule is COc1ccccc1N1CCN(C[C@@H]2C(=O)O[C@@]34[C@@H](CC[C@@]5(C)O[C@@H]35)[C@H](C)CC[C@@H]24)CC1. The highest BCUT2D eigenvalue weighted by molar-refractivity contribution is 5.77. The number of carbonyl (C=O) groups is 1. The first-order valence-corrected chi connectivity index (χ1v) is 12.5. The van der Waals surface area contributed by atoms with Crippen LogP contribution in [0.1, 0.15) is 39.5 Å². The molecule has 0 amide bonds. The zero-order valence-electron chi connectivity index (χ0n) is 19.6. The summed E-state index contributed by atoms with van der Waals surface area (Å²) >= 11 is 0. The molecule has 1 aromatic rings. The number of anilines is 1. The van der Waals surface area contributed by atoms with Gasteiger partial charge in [-0.15, -0.1) is 0 Å². The van der Waals surface area contributed by atoms with Gasteiger partial charge in [-0.3, -0.25) is 9.69 Å². The number of ether oxygens (including phenoxy) is 3. The third kappa shape index (κ3) is 2.95. The van der Waals surface area contributed by atoms with Crippen molar-refractivity contribution in [2.45, 2.75) is 56.8 Å². The number of methoxy groups -OCH3 is 1. The van der Waals surface area contributed by atoms with Crippen molar-refractivity contribution in [3.05, 3.63) is 24.3 Å². The van der Waals surface area contributed by atoms with Crippen molar-refractivity contribution in [1.29, 1.82) is 0 Å². The average molecular weight is 441 g/mol. The Morgan fingerprint density at radius 2 is 1.88 bits per heavy atom. The van der Waals surface area contributed by atoms with Crippen LogP contribution in [-0.2, 0) is 14.3 Å². The lowest BCUT2D eigenvalue weighted by atomic mass is 9.55. The van der Waals surface area contributed by atoms with E-state index in [2.05, 4.69) is 35.8 Å². The minimum absolute atomic E-state index is 0.0191. The molecule has 3 aliphatic heterocycles. The highest BCUT2D eigenvalue weighted by Gasteiger charge is 2.77. The van der Waals surface area contributed by atoms with Gasteiger partial charge in [-0.05, 0) is 50.7 Å². The van der Waals surface area contributed by atoms with Crippen molar-refractivity contribution >= 4 is 11.7 Å². The second-order valence-electron chi connectivity index (χ2n) is 11.0. The van der Waals surface area contributed by atoms with Gasteiger partial charge in [-0.25, -0.2) is 0 Å². The molecule has 6 heteroatoms. The third-order valence-corrected chi connectivity index (χ3v) is 9.34. The fourth-order valence-corrected chi connectivity index (χ4v) is 7.60. The molecule has 0 bridgehead atoms. The van der Waals surface area contributed by atoms with Gasteiger partial charge in [0.2, 0.25) is 0 Å². The van der Waals surface area contributed by atoms with Crippen molar-refractivity contribution < 1.29 is 19.0 Å². The van der Waals surface area contributed by atoms with Crippen LogP contribution in [0.4, 0.5) is 5.69 Å². The Bertz CT molecular complexity index is 900. The zero-order valence-corrected chi connectivity index (χ0v) is 19.6. The number of epoxide rings is 1. The number of esters is 1. The largest absolute Gasteiger partial charge is 0.495 e. The molecular formula is C26H36N2O4. The second-order valence-corrected chi connectivity index (χ2v) is 11.0. The van der Waals surface area contributed by atoms with Crippen LogP contribution < -0.4 is 9.64 Å². The van der Waals surface area contributed by atoms with Gasteiger partial charge in [-0.1, -0.05) is 19.1 Å². The van der Waals surface area contributed by atoms with E-state index in [1.807, 2.05) is 12.1 Å². The van der Waals surface area contributed by atoms with Crippen LogP contribution in [0.3, 0.4) is 0 Å². The van der Waals surface area contributed by atoms with Gasteiger partial charge in [0.15, 0.2) is 0 Å². The molecule has 6 nitrogen and oxygen atoms in total. The molecular weight excluding hydrogens is 404 g/mol. The predicted molar refractivity (Wildman–Crippen MR) is 122 cm³/mol. The third-order valence-electron chi connectivity index (χ3n) is 9.34. The molecule has 0 aromatic heterocycles. The number of carbonyl (C=O) groups excluding carboxylic acids is 1. The molecule has 5 fully saturated rings. The molecule has 6 rings (SSSR count). The molecule has 1 aromatic carbocycles. The molecule has 2 aliphatic carbocycles. The maximum Gasteiger partial charge on any atom is 0.311 e. The van der Waals surface area contributed by atoms with Crippen LogP contribution in [0.15, 0.2) is 24.3 Å². The molecule has 174 valence electrons. The Kier molecular flexibility index (Phi) is 4.78. The predicted octanol–water partition coefficient (Wildman–Crippen LogP) is 3.34. The van der Waals surface area contributed by atoms with Gasteiger partial charge < -0.3 is 19.1 Å². The van der Waals surface area contributed by atoms with Gasteiger partial charge in [0.25, 0.3) is 0 Å². The first kappa shape index (κ1) is 20.8. The second kappa shape index (κ2) is 7.36. The molecule has 7 atom stereocenters. The van der Waals surface area contributed by atoms with Gasteiger partial charge >= 0.3 is 5.97 Å². The van der Waals surface area contributed by atoms with Crippen molar-refractivity contribution in [2.75, 3.05) is 44.7 Å². The average Bonchev–Trinajstić information content (AvgIpc) is 3.44. The maximum absolute atomic E-state index is 13.3. The summed E-state index contributed by atoms with van der Waals surface area (Å²) in [5.41, 5.74) is 0.720. The van der Waals surface area contributed by atoms with Crippen LogP contribution >= 0.6 is 0 Å². The van der Waals surface area contributed by atoms with E-state index in [0.717, 1.165) is 63.4 Å². The number of rotatable bonds is 4. The standard InChI is InChI=1S/C26H36N2O4/c1-17-8-9-20-18(23(29)31-26(20)19(17)10-11-25(2)24(26)32-25)16-27-12-14-28(15-13-27)21-6-4-5-7-22(21)30-3/h4-7,17-20,24H,8-16H2,1-3H3/t17-,18+,19+,20+,24-,25-,26-/m1/s1. The lowest BCUT2D eigenvalue weighted by Gasteiger charge is -2.50. The van der Waals surface area contributed by atoms with Crippen LogP contribution in [0, 0.1) is 23.7 Å². The molecule has 1 spiro atoms. The highest BCUT2D eigenvalue weighted by atomic mass is 16.7. The summed E-state index contributed by atoms with van der Waals surface area (Å²) in [6, 6.07) is 8.23. The van der Waals surface area contributed by atoms with E-state index in [1.54, 1.807) is 7.11 Å². The van der Waals surface area contributed by atoms with E-state index < -0.39 is 0 Å². The monoisotopic (exact) mass is 440 g/mol.